The molecule has 0 saturated carbocycles. The monoisotopic (exact) mass is 352 g/mol. The van der Waals surface area contributed by atoms with Crippen LogP contribution in [0.2, 0.25) is 0 Å². The van der Waals surface area contributed by atoms with E-state index in [1.54, 1.807) is 29.0 Å². The van der Waals surface area contributed by atoms with Crippen molar-refractivity contribution < 1.29 is 14.3 Å². The van der Waals surface area contributed by atoms with Gasteiger partial charge in [-0.15, -0.1) is 0 Å². The fourth-order valence-electron chi connectivity index (χ4n) is 2.75. The predicted octanol–water partition coefficient (Wildman–Crippen LogP) is 2.53. The molecule has 0 bridgehead atoms. The van der Waals surface area contributed by atoms with Crippen molar-refractivity contribution in [3.8, 4) is 0 Å². The van der Waals surface area contributed by atoms with Crippen LogP contribution in [0.5, 0.6) is 0 Å². The van der Waals surface area contributed by atoms with Gasteiger partial charge in [-0.2, -0.15) is 5.10 Å². The summed E-state index contributed by atoms with van der Waals surface area (Å²) in [6.45, 7) is 8.99. The zero-order valence-corrected chi connectivity index (χ0v) is 15.2. The Morgan fingerprint density at radius 1 is 1.42 bits per heavy atom. The first-order chi connectivity index (χ1) is 11.6. The lowest BCUT2D eigenvalue weighted by Crippen LogP contribution is -2.35. The molecule has 8 heteroatoms. The first-order valence-corrected chi connectivity index (χ1v) is 9.25. The second-order valence-electron chi connectivity index (χ2n) is 6.25. The fraction of sp³-hybridized carbons (Fsp3) is 0.688. The van der Waals surface area contributed by atoms with Crippen LogP contribution in [0.1, 0.15) is 55.0 Å². The number of likely N-dealkylation sites (tertiary alicyclic amines) is 1. The molecule has 0 spiro atoms. The third-order valence-corrected chi connectivity index (χ3v) is 5.16. The summed E-state index contributed by atoms with van der Waals surface area (Å²) in [6.07, 6.45) is 4.06. The summed E-state index contributed by atoms with van der Waals surface area (Å²) < 4.78 is 12.3. The minimum atomic E-state index is -0.393. The third-order valence-electron chi connectivity index (χ3n) is 4.07. The molecule has 0 unspecified atom stereocenters. The highest BCUT2D eigenvalue weighted by Gasteiger charge is 2.25. The van der Waals surface area contributed by atoms with Crippen molar-refractivity contribution in [2.45, 2.75) is 45.6 Å². The lowest BCUT2D eigenvalue weighted by atomic mass is 9.98. The number of esters is 1. The number of carbonyl (C=O) groups is 1. The molecule has 7 nitrogen and oxygen atoms in total. The van der Waals surface area contributed by atoms with Crippen molar-refractivity contribution in [3.05, 3.63) is 16.9 Å². The van der Waals surface area contributed by atoms with E-state index >= 15 is 0 Å². The zero-order valence-electron chi connectivity index (χ0n) is 14.4. The van der Waals surface area contributed by atoms with Crippen LogP contribution in [0.15, 0.2) is 6.20 Å². The van der Waals surface area contributed by atoms with Crippen LogP contribution in [0.3, 0.4) is 0 Å². The Morgan fingerprint density at radius 3 is 2.79 bits per heavy atom. The van der Waals surface area contributed by atoms with Crippen molar-refractivity contribution in [2.75, 3.05) is 26.4 Å². The highest BCUT2D eigenvalue weighted by atomic mass is 32.1. The molecule has 132 valence electrons. The average molecular weight is 352 g/mol. The van der Waals surface area contributed by atoms with E-state index in [4.69, 9.17) is 9.47 Å². The minimum absolute atomic E-state index is 0.267. The van der Waals surface area contributed by atoms with E-state index in [2.05, 4.69) is 28.8 Å². The van der Waals surface area contributed by atoms with Gasteiger partial charge in [0.25, 0.3) is 0 Å². The Morgan fingerprint density at radius 2 is 2.17 bits per heavy atom. The normalized spacial score (nSPS) is 17.0. The quantitative estimate of drug-likeness (QED) is 0.744. The van der Waals surface area contributed by atoms with Crippen molar-refractivity contribution in [2.24, 2.45) is 0 Å². The molecule has 1 fully saturated rings. The Kier molecular flexibility index (Phi) is 5.47. The molecule has 1 saturated heterocycles. The molecule has 0 aromatic carbocycles. The molecule has 0 amide bonds. The summed E-state index contributed by atoms with van der Waals surface area (Å²) in [5.41, 5.74) is 0.322. The Bertz CT molecular complexity index is 657. The highest BCUT2D eigenvalue weighted by Crippen LogP contribution is 2.31. The minimum Gasteiger partial charge on any atom is -0.461 e. The molecule has 0 N–H and O–H groups in total. The SMILES string of the molecule is CCOC(=O)c1cn2nc(C3CCN(COC(C)C)CC3)sc2n1. The topological polar surface area (TPSA) is 69.0 Å². The van der Waals surface area contributed by atoms with Crippen LogP contribution in [0.4, 0.5) is 0 Å². The maximum Gasteiger partial charge on any atom is 0.358 e. The average Bonchev–Trinajstić information content (AvgIpc) is 3.12. The van der Waals surface area contributed by atoms with E-state index < -0.39 is 5.97 Å². The number of carbonyl (C=O) groups excluding carboxylic acids is 1. The molecule has 0 atom stereocenters. The smallest absolute Gasteiger partial charge is 0.358 e. The number of nitrogens with zero attached hydrogens (tertiary/aromatic N) is 4. The van der Waals surface area contributed by atoms with Gasteiger partial charge in [-0.3, -0.25) is 4.90 Å². The number of imidazole rings is 1. The van der Waals surface area contributed by atoms with Gasteiger partial charge >= 0.3 is 5.97 Å². The van der Waals surface area contributed by atoms with Crippen molar-refractivity contribution in [1.29, 1.82) is 0 Å². The zero-order chi connectivity index (χ0) is 17.1. The molecule has 2 aromatic heterocycles. The van der Waals surface area contributed by atoms with E-state index in [-0.39, 0.29) is 6.10 Å². The van der Waals surface area contributed by atoms with Gasteiger partial charge in [0.1, 0.15) is 5.01 Å². The van der Waals surface area contributed by atoms with Crippen molar-refractivity contribution in [1.82, 2.24) is 19.5 Å². The van der Waals surface area contributed by atoms with Crippen molar-refractivity contribution in [3.63, 3.8) is 0 Å². The number of aromatic nitrogens is 3. The van der Waals surface area contributed by atoms with E-state index in [0.29, 0.717) is 24.9 Å². The van der Waals surface area contributed by atoms with Crippen molar-refractivity contribution >= 4 is 22.3 Å². The summed E-state index contributed by atoms with van der Waals surface area (Å²) >= 11 is 1.56. The maximum atomic E-state index is 11.7. The van der Waals surface area contributed by atoms with Gasteiger partial charge in [-0.25, -0.2) is 14.3 Å². The van der Waals surface area contributed by atoms with E-state index in [0.717, 1.165) is 35.9 Å². The summed E-state index contributed by atoms with van der Waals surface area (Å²) in [6, 6.07) is 0. The largest absolute Gasteiger partial charge is 0.461 e. The second-order valence-corrected chi connectivity index (χ2v) is 7.24. The summed E-state index contributed by atoms with van der Waals surface area (Å²) in [5.74, 6) is 0.0632. The Labute approximate surface area is 145 Å². The standard InChI is InChI=1S/C16H24N4O3S/c1-4-22-15(21)13-9-20-16(17-13)24-14(18-20)12-5-7-19(8-6-12)10-23-11(2)3/h9,11-12H,4-8,10H2,1-3H3. The first kappa shape index (κ1) is 17.3. The van der Waals surface area contributed by atoms with Gasteiger partial charge in [0, 0.05) is 19.0 Å². The molecule has 1 aliphatic heterocycles. The second kappa shape index (κ2) is 7.58. The lowest BCUT2D eigenvalue weighted by Gasteiger charge is -2.31. The molecule has 0 radical (unpaired) electrons. The van der Waals surface area contributed by atoms with Crippen LogP contribution in [-0.4, -0.2) is 58.0 Å². The van der Waals surface area contributed by atoms with Crippen LogP contribution in [0, 0.1) is 0 Å². The molecular formula is C16H24N4O3S. The third kappa shape index (κ3) is 3.93. The van der Waals surface area contributed by atoms with E-state index in [1.807, 2.05) is 0 Å². The summed E-state index contributed by atoms with van der Waals surface area (Å²) in [7, 11) is 0. The van der Waals surface area contributed by atoms with Gasteiger partial charge in [0.05, 0.1) is 25.6 Å². The Hall–Kier alpha value is -1.51. The summed E-state index contributed by atoms with van der Waals surface area (Å²) in [4.78, 5) is 19.1. The number of hydrogen-bond donors (Lipinski definition) is 0. The molecule has 3 heterocycles. The highest BCUT2D eigenvalue weighted by molar-refractivity contribution is 7.16. The maximum absolute atomic E-state index is 11.7. The van der Waals surface area contributed by atoms with Crippen LogP contribution < -0.4 is 0 Å². The molecule has 2 aromatic rings. The fourth-order valence-corrected chi connectivity index (χ4v) is 3.80. The molecule has 24 heavy (non-hydrogen) atoms. The van der Waals surface area contributed by atoms with Crippen LogP contribution >= 0.6 is 11.3 Å². The molecule has 0 aliphatic carbocycles. The van der Waals surface area contributed by atoms with Gasteiger partial charge in [-0.1, -0.05) is 11.3 Å². The van der Waals surface area contributed by atoms with Gasteiger partial charge in [-0.05, 0) is 33.6 Å². The molecular weight excluding hydrogens is 328 g/mol. The van der Waals surface area contributed by atoms with E-state index in [9.17, 15) is 4.79 Å². The number of hydrogen-bond acceptors (Lipinski definition) is 7. The van der Waals surface area contributed by atoms with Crippen LogP contribution in [-0.2, 0) is 9.47 Å². The first-order valence-electron chi connectivity index (χ1n) is 8.44. The molecule has 1 aliphatic rings. The summed E-state index contributed by atoms with van der Waals surface area (Å²) in [5, 5.41) is 5.71. The lowest BCUT2D eigenvalue weighted by molar-refractivity contribution is -0.0158. The van der Waals surface area contributed by atoms with E-state index in [1.165, 1.54) is 0 Å². The molecule has 3 rings (SSSR count). The van der Waals surface area contributed by atoms with Gasteiger partial charge in [0.15, 0.2) is 5.69 Å². The van der Waals surface area contributed by atoms with Gasteiger partial charge in [0.2, 0.25) is 4.96 Å². The number of fused-ring (bicyclic) bond motifs is 1. The number of ether oxygens (including phenoxy) is 2. The van der Waals surface area contributed by atoms with Crippen LogP contribution in [0.25, 0.3) is 4.96 Å². The predicted molar refractivity (Wildman–Crippen MR) is 91.5 cm³/mol. The number of rotatable bonds is 6. The Balaban J connectivity index is 1.60. The van der Waals surface area contributed by atoms with Gasteiger partial charge < -0.3 is 9.47 Å². The number of piperidine rings is 1.